The summed E-state index contributed by atoms with van der Waals surface area (Å²) in [5.41, 5.74) is 7.36. The number of nitro groups is 1. The van der Waals surface area contributed by atoms with E-state index in [0.717, 1.165) is 6.20 Å². The number of rotatable bonds is 2. The molecule has 0 unspecified atom stereocenters. The van der Waals surface area contributed by atoms with Crippen molar-refractivity contribution in [2.45, 2.75) is 13.8 Å². The lowest BCUT2D eigenvalue weighted by atomic mass is 10.1. The SMILES string of the molecule is Cc1noc(C)c1-c1cc(N)c([N+](=O)[O-])cn1. The van der Waals surface area contributed by atoms with Crippen LogP contribution < -0.4 is 5.73 Å². The molecule has 2 N–H and O–H groups in total. The molecule has 7 heteroatoms. The summed E-state index contributed by atoms with van der Waals surface area (Å²) >= 11 is 0. The fourth-order valence-electron chi connectivity index (χ4n) is 1.60. The summed E-state index contributed by atoms with van der Waals surface area (Å²) in [4.78, 5) is 14.0. The Hall–Kier alpha value is -2.44. The number of aromatic nitrogens is 2. The van der Waals surface area contributed by atoms with Crippen molar-refractivity contribution in [3.05, 3.63) is 33.8 Å². The molecule has 0 aromatic carbocycles. The van der Waals surface area contributed by atoms with Gasteiger partial charge in [0.1, 0.15) is 17.6 Å². The van der Waals surface area contributed by atoms with E-state index in [1.165, 1.54) is 6.07 Å². The van der Waals surface area contributed by atoms with Crippen molar-refractivity contribution in [1.82, 2.24) is 10.1 Å². The average Bonchev–Trinajstić information content (AvgIpc) is 2.58. The van der Waals surface area contributed by atoms with Crippen LogP contribution in [0.4, 0.5) is 11.4 Å². The molecule has 17 heavy (non-hydrogen) atoms. The summed E-state index contributed by atoms with van der Waals surface area (Å²) in [6, 6.07) is 1.45. The van der Waals surface area contributed by atoms with Crippen molar-refractivity contribution in [1.29, 1.82) is 0 Å². The maximum absolute atomic E-state index is 10.6. The molecule has 0 saturated carbocycles. The monoisotopic (exact) mass is 234 g/mol. The Bertz CT molecular complexity index is 572. The Morgan fingerprint density at radius 1 is 1.47 bits per heavy atom. The molecule has 0 fully saturated rings. The Kier molecular flexibility index (Phi) is 2.51. The van der Waals surface area contributed by atoms with Gasteiger partial charge in [-0.05, 0) is 19.9 Å². The van der Waals surface area contributed by atoms with Gasteiger partial charge in [-0.3, -0.25) is 10.1 Å². The molecule has 2 aromatic heterocycles. The first-order valence-electron chi connectivity index (χ1n) is 4.84. The molecule has 0 atom stereocenters. The minimum Gasteiger partial charge on any atom is -0.393 e. The smallest absolute Gasteiger partial charge is 0.310 e. The van der Waals surface area contributed by atoms with Gasteiger partial charge in [-0.15, -0.1) is 0 Å². The molecule has 2 rings (SSSR count). The van der Waals surface area contributed by atoms with Crippen LogP contribution in [-0.2, 0) is 0 Å². The van der Waals surface area contributed by atoms with E-state index in [0.29, 0.717) is 22.7 Å². The van der Waals surface area contributed by atoms with Crippen molar-refractivity contribution >= 4 is 11.4 Å². The predicted octanol–water partition coefficient (Wildman–Crippen LogP) is 1.84. The van der Waals surface area contributed by atoms with Crippen LogP contribution in [0, 0.1) is 24.0 Å². The van der Waals surface area contributed by atoms with E-state index in [2.05, 4.69) is 10.1 Å². The molecular weight excluding hydrogens is 224 g/mol. The summed E-state index contributed by atoms with van der Waals surface area (Å²) in [6.45, 7) is 3.51. The molecule has 2 heterocycles. The molecule has 2 aromatic rings. The third-order valence-electron chi connectivity index (χ3n) is 2.40. The standard InChI is InChI=1S/C10H10N4O3/c1-5-10(6(2)17-13-5)8-3-7(11)9(4-12-8)14(15)16/h3-4H,1-2H3,(H2,11,12). The maximum atomic E-state index is 10.6. The van der Waals surface area contributed by atoms with E-state index < -0.39 is 4.92 Å². The second-order valence-electron chi connectivity index (χ2n) is 3.58. The fourth-order valence-corrected chi connectivity index (χ4v) is 1.60. The van der Waals surface area contributed by atoms with Crippen LogP contribution in [0.3, 0.4) is 0 Å². The van der Waals surface area contributed by atoms with Crippen molar-refractivity contribution in [2.75, 3.05) is 5.73 Å². The summed E-state index contributed by atoms with van der Waals surface area (Å²) < 4.78 is 5.00. The summed E-state index contributed by atoms with van der Waals surface area (Å²) in [7, 11) is 0. The summed E-state index contributed by atoms with van der Waals surface area (Å²) in [6.07, 6.45) is 1.14. The molecule has 0 spiro atoms. The molecule has 88 valence electrons. The highest BCUT2D eigenvalue weighted by molar-refractivity contribution is 5.70. The number of nitrogens with two attached hydrogens (primary N) is 1. The van der Waals surface area contributed by atoms with E-state index in [9.17, 15) is 10.1 Å². The Morgan fingerprint density at radius 2 is 2.18 bits per heavy atom. The number of anilines is 1. The number of nitrogen functional groups attached to an aromatic ring is 1. The van der Waals surface area contributed by atoms with E-state index in [-0.39, 0.29) is 11.4 Å². The van der Waals surface area contributed by atoms with E-state index in [4.69, 9.17) is 10.3 Å². The van der Waals surface area contributed by atoms with Crippen LogP contribution in [0.25, 0.3) is 11.3 Å². The summed E-state index contributed by atoms with van der Waals surface area (Å²) in [5.74, 6) is 0.600. The van der Waals surface area contributed by atoms with Crippen molar-refractivity contribution in [2.24, 2.45) is 0 Å². The zero-order valence-electron chi connectivity index (χ0n) is 9.30. The molecular formula is C10H10N4O3. The van der Waals surface area contributed by atoms with Crippen LogP contribution >= 0.6 is 0 Å². The first kappa shape index (κ1) is 11.1. The van der Waals surface area contributed by atoms with Crippen LogP contribution in [0.5, 0.6) is 0 Å². The maximum Gasteiger partial charge on any atom is 0.310 e. The minimum absolute atomic E-state index is 0.0694. The highest BCUT2D eigenvalue weighted by atomic mass is 16.6. The van der Waals surface area contributed by atoms with Gasteiger partial charge in [0, 0.05) is 0 Å². The Labute approximate surface area is 96.4 Å². The van der Waals surface area contributed by atoms with Crippen LogP contribution in [0.2, 0.25) is 0 Å². The number of hydrogen-bond acceptors (Lipinski definition) is 6. The largest absolute Gasteiger partial charge is 0.393 e. The molecule has 0 bridgehead atoms. The van der Waals surface area contributed by atoms with Crippen molar-refractivity contribution in [3.8, 4) is 11.3 Å². The van der Waals surface area contributed by atoms with Gasteiger partial charge in [0.25, 0.3) is 0 Å². The molecule has 0 amide bonds. The van der Waals surface area contributed by atoms with Crippen LogP contribution in [0.1, 0.15) is 11.5 Å². The minimum atomic E-state index is -0.570. The van der Waals surface area contributed by atoms with Gasteiger partial charge >= 0.3 is 5.69 Å². The van der Waals surface area contributed by atoms with Crippen molar-refractivity contribution < 1.29 is 9.45 Å². The van der Waals surface area contributed by atoms with Crippen LogP contribution in [-0.4, -0.2) is 15.1 Å². The van der Waals surface area contributed by atoms with Crippen molar-refractivity contribution in [3.63, 3.8) is 0 Å². The van der Waals surface area contributed by atoms with Gasteiger partial charge < -0.3 is 10.3 Å². The summed E-state index contributed by atoms with van der Waals surface area (Å²) in [5, 5.41) is 14.4. The van der Waals surface area contributed by atoms with E-state index in [1.807, 2.05) is 0 Å². The molecule has 0 radical (unpaired) electrons. The normalized spacial score (nSPS) is 10.5. The number of nitrogens with zero attached hydrogens (tertiary/aromatic N) is 3. The molecule has 0 aliphatic heterocycles. The Balaban J connectivity index is 2.56. The highest BCUT2D eigenvalue weighted by Gasteiger charge is 2.17. The topological polar surface area (TPSA) is 108 Å². The van der Waals surface area contributed by atoms with Crippen LogP contribution in [0.15, 0.2) is 16.8 Å². The van der Waals surface area contributed by atoms with E-state index in [1.54, 1.807) is 13.8 Å². The molecule has 0 aliphatic carbocycles. The lowest BCUT2D eigenvalue weighted by Crippen LogP contribution is -1.98. The van der Waals surface area contributed by atoms with Gasteiger partial charge in [-0.2, -0.15) is 0 Å². The first-order chi connectivity index (χ1) is 8.00. The number of aryl methyl sites for hydroxylation is 2. The first-order valence-corrected chi connectivity index (χ1v) is 4.84. The second kappa shape index (κ2) is 3.85. The van der Waals surface area contributed by atoms with Gasteiger partial charge in [-0.1, -0.05) is 5.16 Å². The van der Waals surface area contributed by atoms with E-state index >= 15 is 0 Å². The third-order valence-corrected chi connectivity index (χ3v) is 2.40. The predicted molar refractivity (Wildman–Crippen MR) is 60.3 cm³/mol. The average molecular weight is 234 g/mol. The fraction of sp³-hybridized carbons (Fsp3) is 0.200. The van der Waals surface area contributed by atoms with Gasteiger partial charge in [0.15, 0.2) is 0 Å². The molecule has 0 aliphatic rings. The third kappa shape index (κ3) is 1.82. The highest BCUT2D eigenvalue weighted by Crippen LogP contribution is 2.29. The number of pyridine rings is 1. The molecule has 7 nitrogen and oxygen atoms in total. The second-order valence-corrected chi connectivity index (χ2v) is 3.58. The lowest BCUT2D eigenvalue weighted by Gasteiger charge is -2.01. The Morgan fingerprint density at radius 3 is 2.65 bits per heavy atom. The zero-order valence-corrected chi connectivity index (χ0v) is 9.30. The zero-order chi connectivity index (χ0) is 12.6. The lowest BCUT2D eigenvalue weighted by molar-refractivity contribution is -0.384. The molecule has 0 saturated heterocycles. The quantitative estimate of drug-likeness (QED) is 0.627. The van der Waals surface area contributed by atoms with Gasteiger partial charge in [0.2, 0.25) is 0 Å². The van der Waals surface area contributed by atoms with Gasteiger partial charge in [-0.25, -0.2) is 4.98 Å². The number of hydrogen-bond donors (Lipinski definition) is 1. The van der Waals surface area contributed by atoms with Gasteiger partial charge in [0.05, 0.1) is 21.9 Å².